The molecule has 0 unspecified atom stereocenters. The molecular formula is C18H20N2O2. The van der Waals surface area contributed by atoms with Crippen LogP contribution in [0.5, 0.6) is 0 Å². The quantitative estimate of drug-likeness (QED) is 0.805. The fraction of sp³-hybridized carbons (Fsp3) is 0.222. The van der Waals surface area contributed by atoms with E-state index in [1.165, 1.54) is 6.92 Å². The Hall–Kier alpha value is -2.62. The van der Waals surface area contributed by atoms with Crippen LogP contribution < -0.4 is 10.6 Å². The third-order valence-corrected chi connectivity index (χ3v) is 3.42. The molecule has 2 aromatic carbocycles. The minimum absolute atomic E-state index is 0.0287. The predicted octanol–water partition coefficient (Wildman–Crippen LogP) is 3.18. The molecule has 0 spiro atoms. The molecule has 2 rings (SSSR count). The number of amides is 1. The maximum Gasteiger partial charge on any atom is 0.239 e. The Morgan fingerprint density at radius 1 is 1.00 bits per heavy atom. The van der Waals surface area contributed by atoms with Gasteiger partial charge in [0, 0.05) is 11.3 Å². The number of benzene rings is 2. The van der Waals surface area contributed by atoms with E-state index in [0.717, 1.165) is 11.3 Å². The molecule has 4 nitrogen and oxygen atoms in total. The highest BCUT2D eigenvalue weighted by molar-refractivity contribution is 5.94. The molecule has 2 N–H and O–H groups in total. The Bertz CT molecular complexity index is 636. The molecule has 0 bridgehead atoms. The van der Waals surface area contributed by atoms with Crippen molar-refractivity contribution in [2.45, 2.75) is 19.9 Å². The first kappa shape index (κ1) is 15.8. The molecule has 0 aromatic heterocycles. The second kappa shape index (κ2) is 7.41. The summed E-state index contributed by atoms with van der Waals surface area (Å²) in [7, 11) is 0. The van der Waals surface area contributed by atoms with Crippen LogP contribution in [0.25, 0.3) is 0 Å². The number of hydrogen-bond acceptors (Lipinski definition) is 3. The molecule has 22 heavy (non-hydrogen) atoms. The lowest BCUT2D eigenvalue weighted by Gasteiger charge is -2.15. The lowest BCUT2D eigenvalue weighted by atomic mass is 10.1. The number of carbonyl (C=O) groups excluding carboxylic acids is 2. The maximum atomic E-state index is 11.9. The molecule has 0 aliphatic heterocycles. The first-order valence-corrected chi connectivity index (χ1v) is 7.25. The number of hydrogen-bond donors (Lipinski definition) is 2. The van der Waals surface area contributed by atoms with Gasteiger partial charge in [-0.2, -0.15) is 0 Å². The van der Waals surface area contributed by atoms with Crippen molar-refractivity contribution in [2.75, 3.05) is 11.9 Å². The van der Waals surface area contributed by atoms with E-state index in [2.05, 4.69) is 10.6 Å². The van der Waals surface area contributed by atoms with Crippen LogP contribution in [-0.4, -0.2) is 18.2 Å². The number of anilines is 1. The zero-order valence-electron chi connectivity index (χ0n) is 12.8. The third kappa shape index (κ3) is 4.45. The van der Waals surface area contributed by atoms with Crippen molar-refractivity contribution in [3.05, 3.63) is 65.7 Å². The van der Waals surface area contributed by atoms with Crippen LogP contribution in [0.1, 0.15) is 35.8 Å². The first-order chi connectivity index (χ1) is 10.6. The summed E-state index contributed by atoms with van der Waals surface area (Å²) in [6.07, 6.45) is 0. The Labute approximate surface area is 130 Å². The highest BCUT2D eigenvalue weighted by Gasteiger charge is 2.08. The zero-order valence-corrected chi connectivity index (χ0v) is 12.8. The molecule has 0 radical (unpaired) electrons. The van der Waals surface area contributed by atoms with Crippen molar-refractivity contribution in [2.24, 2.45) is 0 Å². The Kier molecular flexibility index (Phi) is 5.31. The Morgan fingerprint density at radius 3 is 2.23 bits per heavy atom. The molecule has 114 valence electrons. The Morgan fingerprint density at radius 2 is 1.64 bits per heavy atom. The van der Waals surface area contributed by atoms with Crippen LogP contribution in [0, 0.1) is 0 Å². The predicted molar refractivity (Wildman–Crippen MR) is 87.9 cm³/mol. The highest BCUT2D eigenvalue weighted by Crippen LogP contribution is 2.12. The van der Waals surface area contributed by atoms with Crippen molar-refractivity contribution in [3.63, 3.8) is 0 Å². The van der Waals surface area contributed by atoms with E-state index in [-0.39, 0.29) is 24.3 Å². The third-order valence-electron chi connectivity index (χ3n) is 3.42. The second-order valence-electron chi connectivity index (χ2n) is 5.19. The average Bonchev–Trinajstić information content (AvgIpc) is 2.54. The van der Waals surface area contributed by atoms with Crippen LogP contribution in [-0.2, 0) is 4.79 Å². The summed E-state index contributed by atoms with van der Waals surface area (Å²) in [5.41, 5.74) is 2.54. The molecule has 0 heterocycles. The fourth-order valence-corrected chi connectivity index (χ4v) is 2.12. The minimum atomic E-state index is -0.0769. The van der Waals surface area contributed by atoms with Gasteiger partial charge in [0.25, 0.3) is 0 Å². The van der Waals surface area contributed by atoms with Gasteiger partial charge in [0.1, 0.15) is 0 Å². The van der Waals surface area contributed by atoms with E-state index >= 15 is 0 Å². The monoisotopic (exact) mass is 296 g/mol. The topological polar surface area (TPSA) is 58.2 Å². The summed E-state index contributed by atoms with van der Waals surface area (Å²) >= 11 is 0. The number of ketones is 1. The number of Topliss-reactive ketones (excluding diaryl/α,β-unsaturated/α-hetero) is 1. The van der Waals surface area contributed by atoms with Gasteiger partial charge >= 0.3 is 0 Å². The lowest BCUT2D eigenvalue weighted by molar-refractivity contribution is -0.120. The van der Waals surface area contributed by atoms with E-state index in [1.54, 1.807) is 24.3 Å². The fourth-order valence-electron chi connectivity index (χ4n) is 2.12. The summed E-state index contributed by atoms with van der Waals surface area (Å²) in [5.74, 6) is -0.0482. The largest absolute Gasteiger partial charge is 0.376 e. The lowest BCUT2D eigenvalue weighted by Crippen LogP contribution is -2.32. The normalized spacial score (nSPS) is 11.5. The van der Waals surface area contributed by atoms with E-state index < -0.39 is 0 Å². The zero-order chi connectivity index (χ0) is 15.9. The summed E-state index contributed by atoms with van der Waals surface area (Å²) in [6.45, 7) is 3.67. The first-order valence-electron chi connectivity index (χ1n) is 7.25. The van der Waals surface area contributed by atoms with Gasteiger partial charge in [0.15, 0.2) is 5.78 Å². The highest BCUT2D eigenvalue weighted by atomic mass is 16.2. The van der Waals surface area contributed by atoms with E-state index in [4.69, 9.17) is 0 Å². The van der Waals surface area contributed by atoms with Crippen molar-refractivity contribution < 1.29 is 9.59 Å². The van der Waals surface area contributed by atoms with E-state index in [9.17, 15) is 9.59 Å². The molecule has 0 saturated heterocycles. The molecule has 1 amide bonds. The van der Waals surface area contributed by atoms with Gasteiger partial charge in [-0.15, -0.1) is 0 Å². The number of rotatable bonds is 6. The van der Waals surface area contributed by atoms with Gasteiger partial charge in [-0.1, -0.05) is 30.3 Å². The molecule has 0 saturated carbocycles. The Balaban J connectivity index is 1.83. The van der Waals surface area contributed by atoms with Crippen molar-refractivity contribution in [1.82, 2.24) is 5.32 Å². The number of nitrogens with one attached hydrogen (secondary N) is 2. The van der Waals surface area contributed by atoms with Gasteiger partial charge in [-0.05, 0) is 43.7 Å². The SMILES string of the molecule is CC(=O)c1ccc(NCC(=O)N[C@H](C)c2ccccc2)cc1. The van der Waals surface area contributed by atoms with Gasteiger partial charge in [-0.3, -0.25) is 9.59 Å². The van der Waals surface area contributed by atoms with E-state index in [1.807, 2.05) is 37.3 Å². The smallest absolute Gasteiger partial charge is 0.239 e. The molecule has 0 aliphatic carbocycles. The van der Waals surface area contributed by atoms with E-state index in [0.29, 0.717) is 5.56 Å². The van der Waals surface area contributed by atoms with Crippen LogP contribution >= 0.6 is 0 Å². The molecule has 4 heteroatoms. The van der Waals surface area contributed by atoms with Crippen LogP contribution in [0.4, 0.5) is 5.69 Å². The molecule has 2 aromatic rings. The van der Waals surface area contributed by atoms with Crippen molar-refractivity contribution in [1.29, 1.82) is 0 Å². The summed E-state index contributed by atoms with van der Waals surface area (Å²) in [4.78, 5) is 23.1. The molecular weight excluding hydrogens is 276 g/mol. The molecule has 0 fully saturated rings. The average molecular weight is 296 g/mol. The van der Waals surface area contributed by atoms with Gasteiger partial charge in [-0.25, -0.2) is 0 Å². The number of carbonyl (C=O) groups is 2. The summed E-state index contributed by atoms with van der Waals surface area (Å²) < 4.78 is 0. The minimum Gasteiger partial charge on any atom is -0.376 e. The van der Waals surface area contributed by atoms with Gasteiger partial charge in [0.05, 0.1) is 12.6 Å². The van der Waals surface area contributed by atoms with Crippen LogP contribution in [0.2, 0.25) is 0 Å². The van der Waals surface area contributed by atoms with Crippen molar-refractivity contribution in [3.8, 4) is 0 Å². The summed E-state index contributed by atoms with van der Waals surface area (Å²) in [6, 6.07) is 16.9. The van der Waals surface area contributed by atoms with Crippen LogP contribution in [0.3, 0.4) is 0 Å². The summed E-state index contributed by atoms with van der Waals surface area (Å²) in [5, 5.41) is 5.98. The molecule has 1 atom stereocenters. The van der Waals surface area contributed by atoms with Gasteiger partial charge in [0.2, 0.25) is 5.91 Å². The standard InChI is InChI=1S/C18H20N2O2/c1-13(15-6-4-3-5-7-15)20-18(22)12-19-17-10-8-16(9-11-17)14(2)21/h3-11,13,19H,12H2,1-2H3,(H,20,22)/t13-/m1/s1. The molecule has 0 aliphatic rings. The van der Waals surface area contributed by atoms with Gasteiger partial charge < -0.3 is 10.6 Å². The maximum absolute atomic E-state index is 11.9. The van der Waals surface area contributed by atoms with Crippen molar-refractivity contribution >= 4 is 17.4 Å². The second-order valence-corrected chi connectivity index (χ2v) is 5.19. The van der Waals surface area contributed by atoms with Crippen LogP contribution in [0.15, 0.2) is 54.6 Å².